The number of halogens is 1. The molecule has 0 bridgehead atoms. The molecule has 12 heavy (non-hydrogen) atoms. The van der Waals surface area contributed by atoms with Crippen molar-refractivity contribution in [3.05, 3.63) is 22.7 Å². The molecule has 0 unspecified atom stereocenters. The second-order valence-corrected chi connectivity index (χ2v) is 3.04. The average Bonchev–Trinajstić information content (AvgIpc) is 2.01. The number of hydrogen-bond acceptors (Lipinski definition) is 3. The lowest BCUT2D eigenvalue weighted by Gasteiger charge is -1.96. The molecule has 0 saturated heterocycles. The number of carbonyl (C=O) groups is 1. The van der Waals surface area contributed by atoms with Crippen molar-refractivity contribution in [2.24, 2.45) is 0 Å². The van der Waals surface area contributed by atoms with E-state index in [1.54, 1.807) is 12.4 Å². The second-order valence-electron chi connectivity index (χ2n) is 2.23. The summed E-state index contributed by atoms with van der Waals surface area (Å²) in [6.45, 7) is 0. The monoisotopic (exact) mass is 230 g/mol. The molecule has 1 aromatic heterocycles. The molecule has 1 rings (SSSR count). The Morgan fingerprint density at radius 1 is 1.58 bits per heavy atom. The summed E-state index contributed by atoms with van der Waals surface area (Å²) in [5.41, 5.74) is 0.687. The van der Waals surface area contributed by atoms with Gasteiger partial charge in [0.2, 0.25) is 0 Å². The van der Waals surface area contributed by atoms with Crippen molar-refractivity contribution in [1.29, 1.82) is 0 Å². The number of aromatic nitrogens is 2. The van der Waals surface area contributed by atoms with E-state index in [4.69, 9.17) is 5.11 Å². The van der Waals surface area contributed by atoms with Gasteiger partial charge in [-0.3, -0.25) is 9.78 Å². The van der Waals surface area contributed by atoms with Crippen LogP contribution in [-0.2, 0) is 11.2 Å². The smallest absolute Gasteiger partial charge is 0.303 e. The predicted molar refractivity (Wildman–Crippen MR) is 45.7 cm³/mol. The highest BCUT2D eigenvalue weighted by atomic mass is 79.9. The molecule has 0 fully saturated rings. The third kappa shape index (κ3) is 2.96. The lowest BCUT2D eigenvalue weighted by Crippen LogP contribution is -1.99. The SMILES string of the molecule is O=C(O)CCc1cncc(Br)n1. The summed E-state index contributed by atoms with van der Waals surface area (Å²) in [4.78, 5) is 18.1. The van der Waals surface area contributed by atoms with Crippen molar-refractivity contribution in [3.8, 4) is 0 Å². The number of rotatable bonds is 3. The zero-order valence-electron chi connectivity index (χ0n) is 6.20. The van der Waals surface area contributed by atoms with Crippen LogP contribution in [0.3, 0.4) is 0 Å². The zero-order chi connectivity index (χ0) is 8.97. The van der Waals surface area contributed by atoms with Gasteiger partial charge in [0, 0.05) is 12.6 Å². The Labute approximate surface area is 77.8 Å². The number of hydrogen-bond donors (Lipinski definition) is 1. The van der Waals surface area contributed by atoms with Gasteiger partial charge in [-0.1, -0.05) is 0 Å². The fraction of sp³-hybridized carbons (Fsp3) is 0.286. The Bertz CT molecular complexity index is 290. The lowest BCUT2D eigenvalue weighted by atomic mass is 10.2. The highest BCUT2D eigenvalue weighted by Gasteiger charge is 2.00. The third-order valence-electron chi connectivity index (χ3n) is 1.25. The largest absolute Gasteiger partial charge is 0.481 e. The van der Waals surface area contributed by atoms with Crippen LogP contribution < -0.4 is 0 Å². The first kappa shape index (κ1) is 9.12. The number of carboxylic acid groups (broad SMARTS) is 1. The van der Waals surface area contributed by atoms with Gasteiger partial charge in [0.15, 0.2) is 0 Å². The van der Waals surface area contributed by atoms with Crippen LogP contribution in [0.2, 0.25) is 0 Å². The Morgan fingerprint density at radius 2 is 2.33 bits per heavy atom. The van der Waals surface area contributed by atoms with Crippen LogP contribution in [0.1, 0.15) is 12.1 Å². The van der Waals surface area contributed by atoms with Crippen LogP contribution in [0.5, 0.6) is 0 Å². The standard InChI is InChI=1S/C7H7BrN2O2/c8-6-4-9-3-5(10-6)1-2-7(11)12/h3-4H,1-2H2,(H,11,12). The van der Waals surface area contributed by atoms with Gasteiger partial charge in [-0.15, -0.1) is 0 Å². The van der Waals surface area contributed by atoms with Crippen molar-refractivity contribution < 1.29 is 9.90 Å². The highest BCUT2D eigenvalue weighted by Crippen LogP contribution is 2.05. The summed E-state index contributed by atoms with van der Waals surface area (Å²) >= 11 is 3.15. The molecule has 0 radical (unpaired) electrons. The summed E-state index contributed by atoms with van der Waals surface area (Å²) in [7, 11) is 0. The normalized spacial score (nSPS) is 9.75. The minimum atomic E-state index is -0.822. The van der Waals surface area contributed by atoms with Crippen molar-refractivity contribution >= 4 is 21.9 Å². The maximum absolute atomic E-state index is 10.2. The summed E-state index contributed by atoms with van der Waals surface area (Å²) in [6.07, 6.45) is 3.63. The van der Waals surface area contributed by atoms with E-state index >= 15 is 0 Å². The molecule has 0 atom stereocenters. The molecule has 5 heteroatoms. The fourth-order valence-corrected chi connectivity index (χ4v) is 1.08. The van der Waals surface area contributed by atoms with Gasteiger partial charge in [-0.25, -0.2) is 4.98 Å². The molecular formula is C7H7BrN2O2. The first-order valence-electron chi connectivity index (χ1n) is 3.36. The van der Waals surface area contributed by atoms with E-state index in [9.17, 15) is 4.79 Å². The van der Waals surface area contributed by atoms with Gasteiger partial charge >= 0.3 is 5.97 Å². The van der Waals surface area contributed by atoms with Gasteiger partial charge in [0.1, 0.15) is 4.60 Å². The maximum Gasteiger partial charge on any atom is 0.303 e. The van der Waals surface area contributed by atoms with E-state index in [0.29, 0.717) is 16.7 Å². The van der Waals surface area contributed by atoms with E-state index in [1.165, 1.54) is 0 Å². The van der Waals surface area contributed by atoms with Crippen LogP contribution in [-0.4, -0.2) is 21.0 Å². The molecule has 4 nitrogen and oxygen atoms in total. The van der Waals surface area contributed by atoms with Gasteiger partial charge in [-0.05, 0) is 15.9 Å². The number of carboxylic acids is 1. The van der Waals surface area contributed by atoms with Crippen LogP contribution in [0.4, 0.5) is 0 Å². The maximum atomic E-state index is 10.2. The Hall–Kier alpha value is -0.970. The molecule has 0 saturated carbocycles. The summed E-state index contributed by atoms with van der Waals surface area (Å²) in [6, 6.07) is 0. The number of aryl methyl sites for hydroxylation is 1. The first-order valence-corrected chi connectivity index (χ1v) is 4.16. The molecule has 0 aliphatic carbocycles. The van der Waals surface area contributed by atoms with Crippen LogP contribution >= 0.6 is 15.9 Å². The summed E-state index contributed by atoms with van der Waals surface area (Å²) in [5, 5.41) is 8.38. The predicted octanol–water partition coefficient (Wildman–Crippen LogP) is 1.26. The van der Waals surface area contributed by atoms with E-state index < -0.39 is 5.97 Å². The molecule has 0 amide bonds. The number of aliphatic carboxylic acids is 1. The van der Waals surface area contributed by atoms with Gasteiger partial charge in [0.25, 0.3) is 0 Å². The molecule has 1 aromatic rings. The number of nitrogens with zero attached hydrogens (tertiary/aromatic N) is 2. The van der Waals surface area contributed by atoms with Gasteiger partial charge < -0.3 is 5.11 Å². The average molecular weight is 231 g/mol. The lowest BCUT2D eigenvalue weighted by molar-refractivity contribution is -0.136. The molecule has 0 spiro atoms. The van der Waals surface area contributed by atoms with E-state index in [2.05, 4.69) is 25.9 Å². The van der Waals surface area contributed by atoms with E-state index in [0.717, 1.165) is 0 Å². The molecule has 1 N–H and O–H groups in total. The van der Waals surface area contributed by atoms with E-state index in [1.807, 2.05) is 0 Å². The Morgan fingerprint density at radius 3 is 2.92 bits per heavy atom. The molecule has 0 aliphatic heterocycles. The van der Waals surface area contributed by atoms with E-state index in [-0.39, 0.29) is 6.42 Å². The molecular weight excluding hydrogens is 224 g/mol. The minimum Gasteiger partial charge on any atom is -0.481 e. The summed E-state index contributed by atoms with van der Waals surface area (Å²) in [5.74, 6) is -0.822. The topological polar surface area (TPSA) is 63.1 Å². The van der Waals surface area contributed by atoms with Crippen molar-refractivity contribution in [2.75, 3.05) is 0 Å². The van der Waals surface area contributed by atoms with Crippen LogP contribution in [0, 0.1) is 0 Å². The Kier molecular flexibility index (Phi) is 3.16. The first-order chi connectivity index (χ1) is 5.68. The highest BCUT2D eigenvalue weighted by molar-refractivity contribution is 9.10. The molecule has 0 aliphatic rings. The molecule has 1 heterocycles. The second kappa shape index (κ2) is 4.15. The zero-order valence-corrected chi connectivity index (χ0v) is 7.78. The van der Waals surface area contributed by atoms with Gasteiger partial charge in [0.05, 0.1) is 18.3 Å². The Balaban J connectivity index is 2.57. The third-order valence-corrected chi connectivity index (χ3v) is 1.63. The van der Waals surface area contributed by atoms with Crippen LogP contribution in [0.15, 0.2) is 17.0 Å². The minimum absolute atomic E-state index is 0.0884. The summed E-state index contributed by atoms with van der Waals surface area (Å²) < 4.78 is 0.630. The van der Waals surface area contributed by atoms with Crippen molar-refractivity contribution in [3.63, 3.8) is 0 Å². The quantitative estimate of drug-likeness (QED) is 0.850. The van der Waals surface area contributed by atoms with Crippen molar-refractivity contribution in [2.45, 2.75) is 12.8 Å². The molecule has 0 aromatic carbocycles. The van der Waals surface area contributed by atoms with Gasteiger partial charge in [-0.2, -0.15) is 0 Å². The van der Waals surface area contributed by atoms with Crippen LogP contribution in [0.25, 0.3) is 0 Å². The molecule has 64 valence electrons. The fourth-order valence-electron chi connectivity index (χ4n) is 0.735. The van der Waals surface area contributed by atoms with Crippen molar-refractivity contribution in [1.82, 2.24) is 9.97 Å².